The van der Waals surface area contributed by atoms with E-state index in [9.17, 15) is 4.79 Å². The van der Waals surface area contributed by atoms with Crippen LogP contribution in [0.2, 0.25) is 5.02 Å². The van der Waals surface area contributed by atoms with E-state index < -0.39 is 0 Å². The number of halogens is 1. The number of thiophene rings is 1. The zero-order valence-corrected chi connectivity index (χ0v) is 16.5. The van der Waals surface area contributed by atoms with Gasteiger partial charge in [-0.05, 0) is 23.6 Å². The van der Waals surface area contributed by atoms with E-state index in [-0.39, 0.29) is 5.91 Å². The molecule has 0 radical (unpaired) electrons. The topological polar surface area (TPSA) is 36.4 Å². The van der Waals surface area contributed by atoms with Crippen molar-refractivity contribution in [1.82, 2.24) is 14.8 Å². The van der Waals surface area contributed by atoms with Gasteiger partial charge in [-0.15, -0.1) is 22.7 Å². The first-order valence-electron chi connectivity index (χ1n) is 8.44. The van der Waals surface area contributed by atoms with Crippen LogP contribution in [0, 0.1) is 0 Å². The van der Waals surface area contributed by atoms with Crippen molar-refractivity contribution in [2.75, 3.05) is 26.2 Å². The van der Waals surface area contributed by atoms with Gasteiger partial charge in [0.2, 0.25) is 0 Å². The molecule has 1 amide bonds. The minimum atomic E-state index is 0.152. The van der Waals surface area contributed by atoms with Crippen molar-refractivity contribution in [3.63, 3.8) is 0 Å². The third-order valence-electron chi connectivity index (χ3n) is 4.44. The summed E-state index contributed by atoms with van der Waals surface area (Å²) in [4.78, 5) is 22.3. The van der Waals surface area contributed by atoms with Crippen LogP contribution in [0.15, 0.2) is 47.2 Å². The van der Waals surface area contributed by atoms with Gasteiger partial charge < -0.3 is 4.90 Å². The molecule has 0 aliphatic carbocycles. The average molecular weight is 404 g/mol. The lowest BCUT2D eigenvalue weighted by Gasteiger charge is -2.34. The number of carbonyl (C=O) groups is 1. The number of nitrogens with zero attached hydrogens (tertiary/aromatic N) is 3. The van der Waals surface area contributed by atoms with Gasteiger partial charge in [-0.25, -0.2) is 4.98 Å². The smallest absolute Gasteiger partial charge is 0.264 e. The van der Waals surface area contributed by atoms with E-state index in [0.29, 0.717) is 0 Å². The lowest BCUT2D eigenvalue weighted by molar-refractivity contribution is 0.0633. The largest absolute Gasteiger partial charge is 0.335 e. The van der Waals surface area contributed by atoms with Crippen LogP contribution in [0.3, 0.4) is 0 Å². The van der Waals surface area contributed by atoms with Crippen molar-refractivity contribution in [3.05, 3.63) is 62.1 Å². The molecule has 2 aromatic heterocycles. The zero-order valence-electron chi connectivity index (χ0n) is 14.1. The van der Waals surface area contributed by atoms with Gasteiger partial charge in [0.15, 0.2) is 0 Å². The normalized spacial score (nSPS) is 15.3. The molecule has 134 valence electrons. The summed E-state index contributed by atoms with van der Waals surface area (Å²) in [5.74, 6) is 0.152. The highest BCUT2D eigenvalue weighted by Gasteiger charge is 2.23. The van der Waals surface area contributed by atoms with Crippen LogP contribution >= 0.6 is 34.3 Å². The molecule has 4 nitrogen and oxygen atoms in total. The predicted octanol–water partition coefficient (Wildman–Crippen LogP) is 4.48. The number of rotatable bonds is 4. The van der Waals surface area contributed by atoms with E-state index in [2.05, 4.69) is 10.3 Å². The van der Waals surface area contributed by atoms with Crippen molar-refractivity contribution in [3.8, 4) is 11.3 Å². The second kappa shape index (κ2) is 7.88. The van der Waals surface area contributed by atoms with Gasteiger partial charge in [-0.3, -0.25) is 9.69 Å². The van der Waals surface area contributed by atoms with Crippen molar-refractivity contribution in [2.24, 2.45) is 0 Å². The van der Waals surface area contributed by atoms with Gasteiger partial charge in [0.1, 0.15) is 5.01 Å². The Morgan fingerprint density at radius 2 is 1.85 bits per heavy atom. The first kappa shape index (κ1) is 17.7. The highest BCUT2D eigenvalue weighted by molar-refractivity contribution is 7.12. The van der Waals surface area contributed by atoms with Crippen LogP contribution < -0.4 is 0 Å². The van der Waals surface area contributed by atoms with Crippen molar-refractivity contribution in [2.45, 2.75) is 6.54 Å². The van der Waals surface area contributed by atoms with E-state index in [4.69, 9.17) is 16.6 Å². The Morgan fingerprint density at radius 3 is 2.54 bits per heavy atom. The van der Waals surface area contributed by atoms with Crippen LogP contribution in [0.5, 0.6) is 0 Å². The summed E-state index contributed by atoms with van der Waals surface area (Å²) >= 11 is 9.14. The monoisotopic (exact) mass is 403 g/mol. The Morgan fingerprint density at radius 1 is 1.08 bits per heavy atom. The number of aromatic nitrogens is 1. The molecule has 1 fully saturated rings. The Hall–Kier alpha value is -1.73. The molecule has 4 rings (SSSR count). The number of hydrogen-bond donors (Lipinski definition) is 0. The fourth-order valence-corrected chi connectivity index (χ4v) is 4.65. The Bertz CT molecular complexity index is 869. The van der Waals surface area contributed by atoms with Crippen LogP contribution in [0.1, 0.15) is 14.7 Å². The van der Waals surface area contributed by atoms with Gasteiger partial charge in [0, 0.05) is 42.1 Å². The highest BCUT2D eigenvalue weighted by Crippen LogP contribution is 2.24. The summed E-state index contributed by atoms with van der Waals surface area (Å²) in [6.07, 6.45) is 0. The summed E-state index contributed by atoms with van der Waals surface area (Å²) in [6.45, 7) is 4.14. The van der Waals surface area contributed by atoms with E-state index in [1.807, 2.05) is 46.7 Å². The Kier molecular flexibility index (Phi) is 5.36. The number of amides is 1. The molecule has 1 aliphatic heterocycles. The molecule has 1 saturated heterocycles. The molecular weight excluding hydrogens is 386 g/mol. The lowest BCUT2D eigenvalue weighted by atomic mass is 10.2. The van der Waals surface area contributed by atoms with Crippen LogP contribution in [0.4, 0.5) is 0 Å². The van der Waals surface area contributed by atoms with Crippen LogP contribution in [-0.2, 0) is 6.54 Å². The summed E-state index contributed by atoms with van der Waals surface area (Å²) in [5.41, 5.74) is 2.08. The quantitative estimate of drug-likeness (QED) is 0.644. The third-order valence-corrected chi connectivity index (χ3v) is 6.39. The molecule has 3 aromatic rings. The van der Waals surface area contributed by atoms with Crippen molar-refractivity contribution in [1.29, 1.82) is 0 Å². The van der Waals surface area contributed by atoms with Crippen molar-refractivity contribution >= 4 is 40.2 Å². The molecule has 3 heterocycles. The fourth-order valence-electron chi connectivity index (χ4n) is 2.99. The standard InChI is InChI=1S/C19H18ClN3OS2/c20-15-5-3-14(4-6-15)16-13-26-18(21-16)12-22-7-9-23(10-8-22)19(24)17-2-1-11-25-17/h1-6,11,13H,7-10,12H2. The van der Waals surface area contributed by atoms with Gasteiger partial charge in [0.05, 0.1) is 17.1 Å². The summed E-state index contributed by atoms with van der Waals surface area (Å²) in [5, 5.41) is 5.88. The summed E-state index contributed by atoms with van der Waals surface area (Å²) in [7, 11) is 0. The minimum absolute atomic E-state index is 0.152. The van der Waals surface area contributed by atoms with Crippen molar-refractivity contribution < 1.29 is 4.79 Å². The molecule has 0 atom stereocenters. The van der Waals surface area contributed by atoms with E-state index in [0.717, 1.165) is 58.9 Å². The average Bonchev–Trinajstić information content (AvgIpc) is 3.35. The SMILES string of the molecule is O=C(c1cccs1)N1CCN(Cc2nc(-c3ccc(Cl)cc3)cs2)CC1. The number of carbonyl (C=O) groups excluding carboxylic acids is 1. The zero-order chi connectivity index (χ0) is 17.9. The second-order valence-corrected chi connectivity index (χ2v) is 8.51. The van der Waals surface area contributed by atoms with E-state index in [1.165, 1.54) is 11.3 Å². The molecule has 0 spiro atoms. The fraction of sp³-hybridized carbons (Fsp3) is 0.263. The molecule has 0 N–H and O–H groups in total. The molecule has 0 unspecified atom stereocenters. The number of thiazole rings is 1. The van der Waals surface area contributed by atoms with E-state index >= 15 is 0 Å². The molecule has 26 heavy (non-hydrogen) atoms. The first-order valence-corrected chi connectivity index (χ1v) is 10.6. The third kappa shape index (κ3) is 3.99. The van der Waals surface area contributed by atoms with Gasteiger partial charge in [-0.1, -0.05) is 29.8 Å². The lowest BCUT2D eigenvalue weighted by Crippen LogP contribution is -2.48. The predicted molar refractivity (Wildman–Crippen MR) is 108 cm³/mol. The first-order chi connectivity index (χ1) is 12.7. The Balaban J connectivity index is 1.33. The second-order valence-electron chi connectivity index (χ2n) is 6.18. The highest BCUT2D eigenvalue weighted by atomic mass is 35.5. The van der Waals surface area contributed by atoms with Gasteiger partial charge >= 0.3 is 0 Å². The maximum Gasteiger partial charge on any atom is 0.264 e. The Labute approximate surface area is 165 Å². The minimum Gasteiger partial charge on any atom is -0.335 e. The molecular formula is C19H18ClN3OS2. The summed E-state index contributed by atoms with van der Waals surface area (Å²) < 4.78 is 0. The van der Waals surface area contributed by atoms with Gasteiger partial charge in [0.25, 0.3) is 5.91 Å². The molecule has 1 aromatic carbocycles. The van der Waals surface area contributed by atoms with Crippen LogP contribution in [0.25, 0.3) is 11.3 Å². The van der Waals surface area contributed by atoms with Crippen LogP contribution in [-0.4, -0.2) is 46.9 Å². The number of piperazine rings is 1. The summed E-state index contributed by atoms with van der Waals surface area (Å²) in [6, 6.07) is 11.6. The molecule has 1 aliphatic rings. The molecule has 0 bridgehead atoms. The number of benzene rings is 1. The van der Waals surface area contributed by atoms with Gasteiger partial charge in [-0.2, -0.15) is 0 Å². The number of hydrogen-bond acceptors (Lipinski definition) is 5. The maximum atomic E-state index is 12.4. The molecule has 0 saturated carbocycles. The van der Waals surface area contributed by atoms with E-state index in [1.54, 1.807) is 11.3 Å². The maximum absolute atomic E-state index is 12.4. The molecule has 7 heteroatoms.